The molecule has 0 aromatic carbocycles. The molecule has 2 aliphatic heterocycles. The number of rotatable bonds is 3. The highest BCUT2D eigenvalue weighted by Crippen LogP contribution is 2.21. The van der Waals surface area contributed by atoms with Gasteiger partial charge in [-0.1, -0.05) is 0 Å². The van der Waals surface area contributed by atoms with Gasteiger partial charge in [-0.05, 0) is 33.2 Å². The first-order valence-electron chi connectivity index (χ1n) is 5.99. The summed E-state index contributed by atoms with van der Waals surface area (Å²) in [7, 11) is 2.07. The Labute approximate surface area is 97.3 Å². The first-order valence-corrected chi connectivity index (χ1v) is 5.99. The number of nitrogens with zero attached hydrogens (tertiary/aromatic N) is 2. The second-order valence-electron chi connectivity index (χ2n) is 4.82. The normalized spacial score (nSPS) is 25.8. The molecule has 16 heavy (non-hydrogen) atoms. The van der Waals surface area contributed by atoms with Crippen LogP contribution in [0.2, 0.25) is 0 Å². The molecule has 4 heteroatoms. The fraction of sp³-hybridized carbons (Fsp3) is 0.750. The van der Waals surface area contributed by atoms with E-state index < -0.39 is 0 Å². The van der Waals surface area contributed by atoms with Crippen molar-refractivity contribution in [1.29, 1.82) is 0 Å². The van der Waals surface area contributed by atoms with Gasteiger partial charge in [-0.15, -0.1) is 0 Å². The summed E-state index contributed by atoms with van der Waals surface area (Å²) in [5, 5.41) is 3.26. The van der Waals surface area contributed by atoms with Gasteiger partial charge in [0.25, 0.3) is 0 Å². The van der Waals surface area contributed by atoms with Gasteiger partial charge < -0.3 is 15.1 Å². The molecule has 0 amide bonds. The van der Waals surface area contributed by atoms with E-state index in [-0.39, 0.29) is 6.04 Å². The van der Waals surface area contributed by atoms with E-state index in [0.29, 0.717) is 12.3 Å². The van der Waals surface area contributed by atoms with Crippen LogP contribution in [0, 0.1) is 0 Å². The average molecular weight is 223 g/mol. The maximum absolute atomic E-state index is 12.0. The minimum Gasteiger partial charge on any atom is -0.359 e. The summed E-state index contributed by atoms with van der Waals surface area (Å²) in [6.45, 7) is 6.58. The number of Topliss-reactive ketones (excluding diaryl/α,β-unsaturated/α-hetero) is 1. The molecule has 1 atom stereocenters. The molecular weight excluding hydrogens is 202 g/mol. The van der Waals surface area contributed by atoms with Crippen LogP contribution in [0.5, 0.6) is 0 Å². The molecule has 1 fully saturated rings. The van der Waals surface area contributed by atoms with Crippen LogP contribution >= 0.6 is 0 Å². The minimum atomic E-state index is 0.0963. The van der Waals surface area contributed by atoms with Crippen molar-refractivity contribution in [3.05, 3.63) is 11.4 Å². The maximum Gasteiger partial charge on any atom is 0.168 e. The SMILES string of the molecule is CC1=C(C)N(CC(=O)C2CCCN2)CN1C. The molecule has 4 nitrogen and oxygen atoms in total. The summed E-state index contributed by atoms with van der Waals surface area (Å²) >= 11 is 0. The lowest BCUT2D eigenvalue weighted by atomic mass is 10.1. The summed E-state index contributed by atoms with van der Waals surface area (Å²) in [6.07, 6.45) is 2.13. The molecule has 0 aromatic rings. The molecule has 0 spiro atoms. The number of allylic oxidation sites excluding steroid dienone is 2. The topological polar surface area (TPSA) is 35.6 Å². The number of carbonyl (C=O) groups excluding carboxylic acids is 1. The molecule has 0 saturated carbocycles. The number of hydrogen-bond acceptors (Lipinski definition) is 4. The molecule has 0 aromatic heterocycles. The molecule has 2 heterocycles. The van der Waals surface area contributed by atoms with E-state index in [1.165, 1.54) is 11.4 Å². The van der Waals surface area contributed by atoms with Crippen molar-refractivity contribution in [2.45, 2.75) is 32.7 Å². The zero-order valence-corrected chi connectivity index (χ0v) is 10.4. The molecule has 1 unspecified atom stereocenters. The second kappa shape index (κ2) is 4.45. The third-order valence-corrected chi connectivity index (χ3v) is 3.75. The Morgan fingerprint density at radius 2 is 2.19 bits per heavy atom. The van der Waals surface area contributed by atoms with Crippen molar-refractivity contribution in [2.24, 2.45) is 0 Å². The highest BCUT2D eigenvalue weighted by Gasteiger charge is 2.27. The van der Waals surface area contributed by atoms with E-state index in [4.69, 9.17) is 0 Å². The van der Waals surface area contributed by atoms with Crippen LogP contribution in [0.3, 0.4) is 0 Å². The standard InChI is InChI=1S/C12H21N3O/c1-9-10(2)15(8-14(9)3)7-12(16)11-5-4-6-13-11/h11,13H,4-8H2,1-3H3. The minimum absolute atomic E-state index is 0.0963. The van der Waals surface area contributed by atoms with Crippen LogP contribution in [0.25, 0.3) is 0 Å². The van der Waals surface area contributed by atoms with E-state index in [2.05, 4.69) is 36.0 Å². The highest BCUT2D eigenvalue weighted by molar-refractivity contribution is 5.86. The fourth-order valence-electron chi connectivity index (χ4n) is 2.40. The van der Waals surface area contributed by atoms with Crippen LogP contribution in [0.4, 0.5) is 0 Å². The molecule has 2 rings (SSSR count). The molecule has 2 aliphatic rings. The van der Waals surface area contributed by atoms with E-state index in [9.17, 15) is 4.79 Å². The summed E-state index contributed by atoms with van der Waals surface area (Å²) in [6, 6.07) is 0.0963. The summed E-state index contributed by atoms with van der Waals surface area (Å²) in [5.41, 5.74) is 2.50. The number of carbonyl (C=O) groups is 1. The van der Waals surface area contributed by atoms with E-state index in [1.807, 2.05) is 0 Å². The van der Waals surface area contributed by atoms with Crippen molar-refractivity contribution in [2.75, 3.05) is 26.8 Å². The van der Waals surface area contributed by atoms with Gasteiger partial charge in [0, 0.05) is 18.4 Å². The highest BCUT2D eigenvalue weighted by atomic mass is 16.1. The monoisotopic (exact) mass is 223 g/mol. The lowest BCUT2D eigenvalue weighted by molar-refractivity contribution is -0.121. The van der Waals surface area contributed by atoms with Crippen LogP contribution in [0.1, 0.15) is 26.7 Å². The zero-order valence-electron chi connectivity index (χ0n) is 10.4. The molecule has 1 saturated heterocycles. The fourth-order valence-corrected chi connectivity index (χ4v) is 2.40. The lowest BCUT2D eigenvalue weighted by Crippen LogP contribution is -2.39. The largest absolute Gasteiger partial charge is 0.359 e. The van der Waals surface area contributed by atoms with E-state index in [1.54, 1.807) is 0 Å². The molecule has 1 N–H and O–H groups in total. The Bertz CT molecular complexity index is 318. The first kappa shape index (κ1) is 11.5. The van der Waals surface area contributed by atoms with Crippen LogP contribution in [0.15, 0.2) is 11.4 Å². The Kier molecular flexibility index (Phi) is 3.19. The first-order chi connectivity index (χ1) is 7.59. The summed E-state index contributed by atoms with van der Waals surface area (Å²) < 4.78 is 0. The van der Waals surface area contributed by atoms with Gasteiger partial charge in [-0.2, -0.15) is 0 Å². The van der Waals surface area contributed by atoms with Crippen molar-refractivity contribution < 1.29 is 4.79 Å². The van der Waals surface area contributed by atoms with Gasteiger partial charge in [0.05, 0.1) is 19.3 Å². The van der Waals surface area contributed by atoms with Crippen molar-refractivity contribution >= 4 is 5.78 Å². The number of nitrogens with one attached hydrogen (secondary N) is 1. The maximum atomic E-state index is 12.0. The molecule has 90 valence electrons. The molecular formula is C12H21N3O. The molecule has 0 radical (unpaired) electrons. The van der Waals surface area contributed by atoms with Gasteiger partial charge in [-0.25, -0.2) is 0 Å². The second-order valence-corrected chi connectivity index (χ2v) is 4.82. The van der Waals surface area contributed by atoms with Gasteiger partial charge in [0.1, 0.15) is 0 Å². The Hall–Kier alpha value is -1.03. The van der Waals surface area contributed by atoms with Crippen molar-refractivity contribution in [3.8, 4) is 0 Å². The van der Waals surface area contributed by atoms with Gasteiger partial charge in [0.15, 0.2) is 5.78 Å². The zero-order chi connectivity index (χ0) is 11.7. The van der Waals surface area contributed by atoms with Crippen molar-refractivity contribution in [3.63, 3.8) is 0 Å². The smallest absolute Gasteiger partial charge is 0.168 e. The quantitative estimate of drug-likeness (QED) is 0.766. The Morgan fingerprint density at radius 3 is 2.69 bits per heavy atom. The van der Waals surface area contributed by atoms with Gasteiger partial charge in [-0.3, -0.25) is 4.79 Å². The third kappa shape index (κ3) is 2.07. The lowest BCUT2D eigenvalue weighted by Gasteiger charge is -2.21. The van der Waals surface area contributed by atoms with Gasteiger partial charge in [0.2, 0.25) is 0 Å². The van der Waals surface area contributed by atoms with Crippen LogP contribution in [-0.2, 0) is 4.79 Å². The van der Waals surface area contributed by atoms with E-state index >= 15 is 0 Å². The number of ketones is 1. The summed E-state index contributed by atoms with van der Waals surface area (Å²) in [4.78, 5) is 16.4. The third-order valence-electron chi connectivity index (χ3n) is 3.75. The predicted molar refractivity (Wildman–Crippen MR) is 63.7 cm³/mol. The Balaban J connectivity index is 1.93. The number of hydrogen-bond donors (Lipinski definition) is 1. The van der Waals surface area contributed by atoms with Crippen molar-refractivity contribution in [1.82, 2.24) is 15.1 Å². The van der Waals surface area contributed by atoms with E-state index in [0.717, 1.165) is 26.1 Å². The molecule has 0 aliphatic carbocycles. The average Bonchev–Trinajstić information content (AvgIpc) is 2.85. The predicted octanol–water partition coefficient (Wildman–Crippen LogP) is 0.764. The Morgan fingerprint density at radius 1 is 1.44 bits per heavy atom. The molecule has 0 bridgehead atoms. The summed E-state index contributed by atoms with van der Waals surface area (Å²) in [5.74, 6) is 0.333. The van der Waals surface area contributed by atoms with Crippen LogP contribution in [-0.4, -0.2) is 48.4 Å². The van der Waals surface area contributed by atoms with Crippen LogP contribution < -0.4 is 5.32 Å². The van der Waals surface area contributed by atoms with Gasteiger partial charge >= 0.3 is 0 Å².